The molecular formula is C15H21N3O3S. The lowest BCUT2D eigenvalue weighted by molar-refractivity contribution is 0.0397. The fourth-order valence-corrected chi connectivity index (χ4v) is 1.85. The molecule has 0 bridgehead atoms. The normalized spacial score (nSPS) is 10.4. The van der Waals surface area contributed by atoms with Gasteiger partial charge in [-0.2, -0.15) is 0 Å². The van der Waals surface area contributed by atoms with E-state index in [9.17, 15) is 4.79 Å². The number of hydrazine groups is 1. The highest BCUT2D eigenvalue weighted by Gasteiger charge is 2.04. The van der Waals surface area contributed by atoms with Gasteiger partial charge in [-0.05, 0) is 20.8 Å². The second-order valence-electron chi connectivity index (χ2n) is 5.28. The fourth-order valence-electron chi connectivity index (χ4n) is 1.18. The zero-order valence-corrected chi connectivity index (χ0v) is 13.9. The summed E-state index contributed by atoms with van der Waals surface area (Å²) >= 11 is 1.34. The van der Waals surface area contributed by atoms with Crippen molar-refractivity contribution in [2.75, 3.05) is 12.5 Å². The molecule has 6 nitrogen and oxygen atoms in total. The summed E-state index contributed by atoms with van der Waals surface area (Å²) in [5.41, 5.74) is 6.40. The molecule has 1 heterocycles. The number of nitrogens with one attached hydrogen (secondary N) is 2. The third kappa shape index (κ3) is 7.05. The van der Waals surface area contributed by atoms with E-state index in [1.807, 2.05) is 61.9 Å². The quantitative estimate of drug-likeness (QED) is 0.748. The highest BCUT2D eigenvalue weighted by atomic mass is 32.1. The predicted octanol–water partition coefficient (Wildman–Crippen LogP) is 3.84. The summed E-state index contributed by atoms with van der Waals surface area (Å²) in [6, 6.07) is 9.68. The van der Waals surface area contributed by atoms with Crippen LogP contribution in [0.3, 0.4) is 0 Å². The molecular weight excluding hydrogens is 302 g/mol. The number of hydrogen-bond donors (Lipinski definition) is 3. The van der Waals surface area contributed by atoms with Crippen LogP contribution in [0.15, 0.2) is 35.7 Å². The molecule has 0 unspecified atom stereocenters. The van der Waals surface area contributed by atoms with Crippen molar-refractivity contribution in [1.82, 2.24) is 10.4 Å². The summed E-state index contributed by atoms with van der Waals surface area (Å²) in [4.78, 5) is 14.5. The number of carbonyl (C=O) groups is 1. The van der Waals surface area contributed by atoms with Crippen LogP contribution in [0.2, 0.25) is 0 Å². The summed E-state index contributed by atoms with van der Waals surface area (Å²) in [5.74, 6) is 0. The number of methoxy groups -OCH3 is 1. The van der Waals surface area contributed by atoms with E-state index in [2.05, 4.69) is 10.4 Å². The Hall–Kier alpha value is -2.12. The second-order valence-corrected chi connectivity index (χ2v) is 6.13. The molecule has 0 aliphatic carbocycles. The molecule has 2 aromatic rings. The van der Waals surface area contributed by atoms with Gasteiger partial charge in [-0.3, -0.25) is 5.43 Å². The Labute approximate surface area is 134 Å². The molecule has 1 amide bonds. The van der Waals surface area contributed by atoms with Crippen molar-refractivity contribution in [2.45, 2.75) is 26.4 Å². The van der Waals surface area contributed by atoms with Crippen molar-refractivity contribution in [3.05, 3.63) is 35.7 Å². The number of benzene rings is 1. The number of carboxylic acid groups (broad SMARTS) is 1. The zero-order valence-electron chi connectivity index (χ0n) is 13.1. The summed E-state index contributed by atoms with van der Waals surface area (Å²) < 4.78 is 4.94. The minimum atomic E-state index is -1.14. The Kier molecular flexibility index (Phi) is 6.81. The summed E-state index contributed by atoms with van der Waals surface area (Å²) in [7, 11) is 1.71. The third-order valence-electron chi connectivity index (χ3n) is 2.46. The van der Waals surface area contributed by atoms with Gasteiger partial charge >= 0.3 is 6.09 Å². The van der Waals surface area contributed by atoms with Crippen LogP contribution in [-0.2, 0) is 4.74 Å². The van der Waals surface area contributed by atoms with Crippen molar-refractivity contribution in [1.29, 1.82) is 0 Å². The SMILES string of the molecule is COC(C)(C)C.O=C(O)NNc1nc(-c2ccccc2)cs1. The summed E-state index contributed by atoms with van der Waals surface area (Å²) in [5, 5.41) is 10.8. The van der Waals surface area contributed by atoms with Crippen molar-refractivity contribution in [2.24, 2.45) is 0 Å². The average Bonchev–Trinajstić information content (AvgIpc) is 2.95. The van der Waals surface area contributed by atoms with Crippen LogP contribution in [0.25, 0.3) is 11.3 Å². The fraction of sp³-hybridized carbons (Fsp3) is 0.333. The van der Waals surface area contributed by atoms with Gasteiger partial charge in [-0.25, -0.2) is 15.2 Å². The van der Waals surface area contributed by atoms with Gasteiger partial charge in [0.05, 0.1) is 11.3 Å². The number of amides is 1. The average molecular weight is 323 g/mol. The first-order valence-corrected chi connectivity index (χ1v) is 7.51. The molecule has 0 atom stereocenters. The minimum Gasteiger partial charge on any atom is -0.464 e. The molecule has 1 aromatic carbocycles. The van der Waals surface area contributed by atoms with Crippen molar-refractivity contribution in [3.63, 3.8) is 0 Å². The maximum atomic E-state index is 10.3. The molecule has 22 heavy (non-hydrogen) atoms. The molecule has 7 heteroatoms. The van der Waals surface area contributed by atoms with Gasteiger partial charge in [0.2, 0.25) is 5.13 Å². The number of anilines is 1. The molecule has 0 aliphatic heterocycles. The lowest BCUT2D eigenvalue weighted by Crippen LogP contribution is -2.27. The summed E-state index contributed by atoms with van der Waals surface area (Å²) in [6.45, 7) is 6.06. The van der Waals surface area contributed by atoms with Crippen LogP contribution in [-0.4, -0.2) is 28.9 Å². The number of aromatic nitrogens is 1. The van der Waals surface area contributed by atoms with E-state index in [4.69, 9.17) is 9.84 Å². The number of ether oxygens (including phenoxy) is 1. The number of nitrogens with zero attached hydrogens (tertiary/aromatic N) is 1. The molecule has 3 N–H and O–H groups in total. The van der Waals surface area contributed by atoms with E-state index in [0.717, 1.165) is 11.3 Å². The van der Waals surface area contributed by atoms with Crippen molar-refractivity contribution >= 4 is 22.6 Å². The van der Waals surface area contributed by atoms with Crippen LogP contribution in [0, 0.1) is 0 Å². The lowest BCUT2D eigenvalue weighted by atomic mass is 10.2. The van der Waals surface area contributed by atoms with E-state index in [1.54, 1.807) is 7.11 Å². The van der Waals surface area contributed by atoms with E-state index >= 15 is 0 Å². The molecule has 0 saturated heterocycles. The molecule has 0 spiro atoms. The Balaban J connectivity index is 0.000000346. The van der Waals surface area contributed by atoms with Gasteiger partial charge in [0.25, 0.3) is 0 Å². The maximum absolute atomic E-state index is 10.3. The first-order chi connectivity index (χ1) is 10.3. The molecule has 0 aliphatic rings. The minimum absolute atomic E-state index is 0.0417. The number of hydrogen-bond acceptors (Lipinski definition) is 5. The van der Waals surface area contributed by atoms with Crippen molar-refractivity contribution < 1.29 is 14.6 Å². The van der Waals surface area contributed by atoms with Gasteiger partial charge in [0.1, 0.15) is 0 Å². The van der Waals surface area contributed by atoms with Crippen LogP contribution in [0.4, 0.5) is 9.93 Å². The Morgan fingerprint density at radius 1 is 1.27 bits per heavy atom. The van der Waals surface area contributed by atoms with Gasteiger partial charge in [0.15, 0.2) is 0 Å². The Morgan fingerprint density at radius 2 is 1.86 bits per heavy atom. The predicted molar refractivity (Wildman–Crippen MR) is 89.1 cm³/mol. The molecule has 0 fully saturated rings. The van der Waals surface area contributed by atoms with Crippen LogP contribution >= 0.6 is 11.3 Å². The van der Waals surface area contributed by atoms with Gasteiger partial charge in [-0.15, -0.1) is 11.3 Å². The number of thiazole rings is 1. The van der Waals surface area contributed by atoms with Gasteiger partial charge in [-0.1, -0.05) is 30.3 Å². The highest BCUT2D eigenvalue weighted by Crippen LogP contribution is 2.23. The molecule has 0 saturated carbocycles. The standard InChI is InChI=1S/C10H9N3O2S.C5H12O/c14-10(15)13-12-9-11-8(6-16-9)7-4-2-1-3-5-7;1-5(2,3)6-4/h1-6,13H,(H,11,12)(H,14,15);1-4H3. The lowest BCUT2D eigenvalue weighted by Gasteiger charge is -2.14. The molecule has 0 radical (unpaired) electrons. The Morgan fingerprint density at radius 3 is 2.36 bits per heavy atom. The molecule has 120 valence electrons. The first kappa shape index (κ1) is 17.9. The smallest absolute Gasteiger partial charge is 0.423 e. The van der Waals surface area contributed by atoms with Crippen LogP contribution in [0.1, 0.15) is 20.8 Å². The zero-order chi connectivity index (χ0) is 16.6. The highest BCUT2D eigenvalue weighted by molar-refractivity contribution is 7.14. The van der Waals surface area contributed by atoms with E-state index in [-0.39, 0.29) is 5.60 Å². The largest absolute Gasteiger partial charge is 0.464 e. The topological polar surface area (TPSA) is 83.5 Å². The second kappa shape index (κ2) is 8.35. The maximum Gasteiger partial charge on any atom is 0.423 e. The monoisotopic (exact) mass is 323 g/mol. The van der Waals surface area contributed by atoms with Gasteiger partial charge < -0.3 is 9.84 Å². The Bertz CT molecular complexity index is 579. The summed E-state index contributed by atoms with van der Waals surface area (Å²) in [6.07, 6.45) is -1.14. The van der Waals surface area contributed by atoms with Crippen molar-refractivity contribution in [3.8, 4) is 11.3 Å². The van der Waals surface area contributed by atoms with E-state index in [0.29, 0.717) is 5.13 Å². The molecule has 2 rings (SSSR count). The van der Waals surface area contributed by atoms with Crippen LogP contribution < -0.4 is 10.9 Å². The number of rotatable bonds is 3. The first-order valence-electron chi connectivity index (χ1n) is 6.63. The van der Waals surface area contributed by atoms with E-state index < -0.39 is 6.09 Å². The van der Waals surface area contributed by atoms with Gasteiger partial charge in [0, 0.05) is 18.1 Å². The van der Waals surface area contributed by atoms with E-state index in [1.165, 1.54) is 11.3 Å². The van der Waals surface area contributed by atoms with Crippen LogP contribution in [0.5, 0.6) is 0 Å². The third-order valence-corrected chi connectivity index (χ3v) is 3.22. The molecule has 1 aromatic heterocycles.